The molecule has 0 atom stereocenters. The van der Waals surface area contributed by atoms with E-state index in [1.807, 2.05) is 18.7 Å². The zero-order valence-corrected chi connectivity index (χ0v) is 12.8. The number of hydrogen-bond donors (Lipinski definition) is 0. The van der Waals surface area contributed by atoms with E-state index in [0.717, 1.165) is 24.9 Å². The summed E-state index contributed by atoms with van der Waals surface area (Å²) in [5.74, 6) is -0.622. The number of carbonyl (C=O) groups excluding carboxylic acids is 2. The van der Waals surface area contributed by atoms with E-state index in [-0.39, 0.29) is 17.0 Å². The van der Waals surface area contributed by atoms with Crippen molar-refractivity contribution < 1.29 is 14.0 Å². The van der Waals surface area contributed by atoms with Gasteiger partial charge in [-0.25, -0.2) is 4.39 Å². The summed E-state index contributed by atoms with van der Waals surface area (Å²) in [5, 5.41) is -0.264. The van der Waals surface area contributed by atoms with Crippen LogP contribution in [0.3, 0.4) is 0 Å². The molecule has 6 heteroatoms. The van der Waals surface area contributed by atoms with Crippen LogP contribution >= 0.6 is 11.8 Å². The van der Waals surface area contributed by atoms with Gasteiger partial charge in [0.05, 0.1) is 11.6 Å². The van der Waals surface area contributed by atoms with Gasteiger partial charge in [-0.3, -0.25) is 19.4 Å². The smallest absolute Gasteiger partial charge is 0.286 e. The molecule has 2 rings (SSSR count). The van der Waals surface area contributed by atoms with Gasteiger partial charge in [0.15, 0.2) is 0 Å². The molecule has 1 saturated heterocycles. The van der Waals surface area contributed by atoms with Gasteiger partial charge in [-0.15, -0.1) is 0 Å². The number of imide groups is 1. The molecule has 1 aromatic carbocycles. The van der Waals surface area contributed by atoms with E-state index >= 15 is 0 Å². The molecule has 0 aromatic heterocycles. The maximum atomic E-state index is 12.9. The number of hydrogen-bond acceptors (Lipinski definition) is 4. The molecule has 0 radical (unpaired) electrons. The Hall–Kier alpha value is -1.66. The molecule has 1 aliphatic rings. The lowest BCUT2D eigenvalue weighted by Gasteiger charge is -2.23. The molecule has 4 nitrogen and oxygen atoms in total. The number of carbonyl (C=O) groups is 2. The van der Waals surface area contributed by atoms with Gasteiger partial charge < -0.3 is 0 Å². The average molecular weight is 308 g/mol. The van der Waals surface area contributed by atoms with Crippen molar-refractivity contribution in [3.8, 4) is 0 Å². The second-order valence-electron chi connectivity index (χ2n) is 4.61. The molecule has 112 valence electrons. The van der Waals surface area contributed by atoms with Crippen molar-refractivity contribution >= 4 is 29.0 Å². The first kappa shape index (κ1) is 15.7. The third kappa shape index (κ3) is 3.71. The lowest BCUT2D eigenvalue weighted by atomic mass is 10.2. The van der Waals surface area contributed by atoms with Crippen LogP contribution in [0.4, 0.5) is 9.18 Å². The van der Waals surface area contributed by atoms with Gasteiger partial charge in [0.2, 0.25) is 0 Å². The van der Waals surface area contributed by atoms with Crippen LogP contribution in [0.25, 0.3) is 6.08 Å². The molecule has 0 aliphatic carbocycles. The lowest BCUT2D eigenvalue weighted by molar-refractivity contribution is -0.124. The Balaban J connectivity index is 2.15. The second kappa shape index (κ2) is 6.87. The molecular formula is C15H17FN2O2S. The first-order valence-corrected chi connectivity index (χ1v) is 7.60. The van der Waals surface area contributed by atoms with Crippen molar-refractivity contribution in [2.24, 2.45) is 0 Å². The maximum absolute atomic E-state index is 12.9. The van der Waals surface area contributed by atoms with E-state index in [0.29, 0.717) is 17.1 Å². The summed E-state index contributed by atoms with van der Waals surface area (Å²) in [6.45, 7) is 5.82. The Labute approximate surface area is 127 Å². The Morgan fingerprint density at radius 1 is 1.19 bits per heavy atom. The van der Waals surface area contributed by atoms with Crippen LogP contribution in [-0.2, 0) is 4.79 Å². The van der Waals surface area contributed by atoms with Gasteiger partial charge in [0.1, 0.15) is 5.82 Å². The molecule has 0 saturated carbocycles. The van der Waals surface area contributed by atoms with Crippen LogP contribution in [0.15, 0.2) is 29.2 Å². The monoisotopic (exact) mass is 308 g/mol. The summed E-state index contributed by atoms with van der Waals surface area (Å²) in [4.78, 5) is 27.8. The van der Waals surface area contributed by atoms with Crippen molar-refractivity contribution in [1.29, 1.82) is 0 Å². The molecular weight excluding hydrogens is 291 g/mol. The molecule has 1 aliphatic heterocycles. The largest absolute Gasteiger partial charge is 0.294 e. The molecule has 0 unspecified atom stereocenters. The quantitative estimate of drug-likeness (QED) is 0.784. The van der Waals surface area contributed by atoms with Crippen LogP contribution in [0.1, 0.15) is 19.4 Å². The van der Waals surface area contributed by atoms with E-state index in [1.165, 1.54) is 17.0 Å². The summed E-state index contributed by atoms with van der Waals surface area (Å²) in [5.41, 5.74) is 0.699. The highest BCUT2D eigenvalue weighted by molar-refractivity contribution is 8.18. The van der Waals surface area contributed by atoms with Crippen LogP contribution in [0.5, 0.6) is 0 Å². The van der Waals surface area contributed by atoms with Crippen LogP contribution in [0, 0.1) is 5.82 Å². The average Bonchev–Trinajstić information content (AvgIpc) is 2.74. The normalized spacial score (nSPS) is 17.3. The van der Waals surface area contributed by atoms with Crippen molar-refractivity contribution in [1.82, 2.24) is 9.80 Å². The van der Waals surface area contributed by atoms with Gasteiger partial charge in [0.25, 0.3) is 11.1 Å². The zero-order valence-electron chi connectivity index (χ0n) is 12.0. The van der Waals surface area contributed by atoms with Crippen molar-refractivity contribution in [3.05, 3.63) is 40.6 Å². The van der Waals surface area contributed by atoms with Gasteiger partial charge in [-0.1, -0.05) is 26.0 Å². The van der Waals surface area contributed by atoms with Gasteiger partial charge >= 0.3 is 0 Å². The third-order valence-corrected chi connectivity index (χ3v) is 4.18. The summed E-state index contributed by atoms with van der Waals surface area (Å²) in [6.07, 6.45) is 1.62. The minimum atomic E-state index is -0.332. The number of halogens is 1. The summed E-state index contributed by atoms with van der Waals surface area (Å²) in [6, 6.07) is 5.80. The minimum Gasteiger partial charge on any atom is -0.286 e. The Morgan fingerprint density at radius 3 is 2.38 bits per heavy atom. The Kier molecular flexibility index (Phi) is 5.14. The van der Waals surface area contributed by atoms with Crippen LogP contribution < -0.4 is 0 Å². The van der Waals surface area contributed by atoms with E-state index in [2.05, 4.69) is 0 Å². The second-order valence-corrected chi connectivity index (χ2v) is 5.60. The summed E-state index contributed by atoms with van der Waals surface area (Å²) < 4.78 is 12.9. The van der Waals surface area contributed by atoms with Crippen molar-refractivity contribution in [2.45, 2.75) is 13.8 Å². The molecule has 0 bridgehead atoms. The van der Waals surface area contributed by atoms with Crippen LogP contribution in [0.2, 0.25) is 0 Å². The van der Waals surface area contributed by atoms with E-state index < -0.39 is 0 Å². The number of rotatable bonds is 5. The SMILES string of the molecule is CCN(CC)CN1C(=O)S/C(=C/c2ccc(F)cc2)C1=O. The molecule has 21 heavy (non-hydrogen) atoms. The maximum Gasteiger partial charge on any atom is 0.294 e. The van der Waals surface area contributed by atoms with Crippen LogP contribution in [-0.4, -0.2) is 40.7 Å². The fraction of sp³-hybridized carbons (Fsp3) is 0.333. The third-order valence-electron chi connectivity index (χ3n) is 3.28. The molecule has 1 fully saturated rings. The Bertz CT molecular complexity index is 568. The van der Waals surface area contributed by atoms with Crippen molar-refractivity contribution in [3.63, 3.8) is 0 Å². The lowest BCUT2D eigenvalue weighted by Crippen LogP contribution is -2.40. The van der Waals surface area contributed by atoms with Crippen molar-refractivity contribution in [2.75, 3.05) is 19.8 Å². The summed E-state index contributed by atoms with van der Waals surface area (Å²) in [7, 11) is 0. The fourth-order valence-corrected chi connectivity index (χ4v) is 2.79. The predicted octanol–water partition coefficient (Wildman–Crippen LogP) is 3.16. The molecule has 1 heterocycles. The highest BCUT2D eigenvalue weighted by Crippen LogP contribution is 2.32. The Morgan fingerprint density at radius 2 is 1.81 bits per heavy atom. The van der Waals surface area contributed by atoms with Gasteiger partial charge in [0, 0.05) is 0 Å². The first-order valence-electron chi connectivity index (χ1n) is 6.78. The topological polar surface area (TPSA) is 40.6 Å². The van der Waals surface area contributed by atoms with E-state index in [1.54, 1.807) is 18.2 Å². The first-order chi connectivity index (χ1) is 10.0. The molecule has 2 amide bonds. The molecule has 0 N–H and O–H groups in total. The number of amides is 2. The predicted molar refractivity (Wildman–Crippen MR) is 82.0 cm³/mol. The van der Waals surface area contributed by atoms with E-state index in [4.69, 9.17) is 0 Å². The highest BCUT2D eigenvalue weighted by Gasteiger charge is 2.35. The number of thioether (sulfide) groups is 1. The number of benzene rings is 1. The molecule has 1 aromatic rings. The minimum absolute atomic E-state index is 0.264. The summed E-state index contributed by atoms with van der Waals surface area (Å²) >= 11 is 0.922. The van der Waals surface area contributed by atoms with Gasteiger partial charge in [-0.05, 0) is 48.6 Å². The highest BCUT2D eigenvalue weighted by atomic mass is 32.2. The molecule has 0 spiro atoms. The number of nitrogens with zero attached hydrogens (tertiary/aromatic N) is 2. The van der Waals surface area contributed by atoms with E-state index in [9.17, 15) is 14.0 Å². The zero-order chi connectivity index (χ0) is 15.4. The van der Waals surface area contributed by atoms with Gasteiger partial charge in [-0.2, -0.15) is 0 Å². The fourth-order valence-electron chi connectivity index (χ4n) is 1.96. The standard InChI is InChI=1S/C15H17FN2O2S/c1-3-17(4-2)10-18-14(19)13(21-15(18)20)9-11-5-7-12(16)8-6-11/h5-9H,3-4,10H2,1-2H3/b13-9+.